The van der Waals surface area contributed by atoms with Crippen molar-refractivity contribution < 1.29 is 0 Å². The average Bonchev–Trinajstić information content (AvgIpc) is 2.63. The zero-order valence-corrected chi connectivity index (χ0v) is 15.1. The zero-order valence-electron chi connectivity index (χ0n) is 14.4. The van der Waals surface area contributed by atoms with Crippen LogP contribution in [0.15, 0.2) is 58.8 Å². The molecule has 0 fully saturated rings. The van der Waals surface area contributed by atoms with E-state index in [2.05, 4.69) is 29.1 Å². The SMILES string of the molecule is CC(C)NC1N=C(c2cccnc2)N=CC1(CN)c1ccc(Cl)cc1. The van der Waals surface area contributed by atoms with Crippen LogP contribution in [0.1, 0.15) is 25.0 Å². The fraction of sp³-hybridized carbons (Fsp3) is 0.316. The van der Waals surface area contributed by atoms with E-state index in [1.165, 1.54) is 0 Å². The molecule has 2 unspecified atom stereocenters. The molecule has 3 N–H and O–H groups in total. The van der Waals surface area contributed by atoms with E-state index in [4.69, 9.17) is 22.3 Å². The lowest BCUT2D eigenvalue weighted by Gasteiger charge is -2.39. The van der Waals surface area contributed by atoms with Crippen molar-refractivity contribution >= 4 is 23.7 Å². The first-order valence-corrected chi connectivity index (χ1v) is 8.68. The van der Waals surface area contributed by atoms with Gasteiger partial charge in [-0.15, -0.1) is 0 Å². The summed E-state index contributed by atoms with van der Waals surface area (Å²) in [6.07, 6.45) is 5.18. The van der Waals surface area contributed by atoms with Crippen LogP contribution in [0, 0.1) is 0 Å². The fourth-order valence-corrected chi connectivity index (χ4v) is 3.06. The van der Waals surface area contributed by atoms with Crippen molar-refractivity contribution in [1.29, 1.82) is 0 Å². The Morgan fingerprint density at radius 2 is 2.00 bits per heavy atom. The van der Waals surface area contributed by atoms with Crippen molar-refractivity contribution in [2.75, 3.05) is 6.54 Å². The molecule has 5 nitrogen and oxygen atoms in total. The number of pyridine rings is 1. The molecule has 2 heterocycles. The summed E-state index contributed by atoms with van der Waals surface area (Å²) in [4.78, 5) is 13.6. The van der Waals surface area contributed by atoms with Gasteiger partial charge in [-0.2, -0.15) is 0 Å². The first-order valence-electron chi connectivity index (χ1n) is 8.31. The lowest BCUT2D eigenvalue weighted by atomic mass is 9.77. The maximum atomic E-state index is 6.21. The largest absolute Gasteiger partial charge is 0.329 e. The monoisotopic (exact) mass is 355 g/mol. The van der Waals surface area contributed by atoms with Gasteiger partial charge in [0.1, 0.15) is 6.17 Å². The van der Waals surface area contributed by atoms with E-state index in [1.54, 1.807) is 12.4 Å². The second-order valence-electron chi connectivity index (χ2n) is 6.43. The second-order valence-corrected chi connectivity index (χ2v) is 6.86. The maximum Gasteiger partial charge on any atom is 0.157 e. The van der Waals surface area contributed by atoms with E-state index in [9.17, 15) is 0 Å². The maximum absolute atomic E-state index is 6.21. The van der Waals surface area contributed by atoms with Gasteiger partial charge in [-0.05, 0) is 43.7 Å². The Hall–Kier alpha value is -2.08. The minimum absolute atomic E-state index is 0.230. The molecule has 2 aromatic rings. The first-order chi connectivity index (χ1) is 12.0. The first kappa shape index (κ1) is 17.7. The lowest BCUT2D eigenvalue weighted by molar-refractivity contribution is 0.365. The van der Waals surface area contributed by atoms with Crippen LogP contribution < -0.4 is 11.1 Å². The van der Waals surface area contributed by atoms with Gasteiger partial charge >= 0.3 is 0 Å². The summed E-state index contributed by atoms with van der Waals surface area (Å²) in [7, 11) is 0. The molecule has 0 bridgehead atoms. The topological polar surface area (TPSA) is 75.7 Å². The molecule has 0 radical (unpaired) electrons. The molecular weight excluding hydrogens is 334 g/mol. The minimum Gasteiger partial charge on any atom is -0.329 e. The number of nitrogens with one attached hydrogen (secondary N) is 1. The van der Waals surface area contributed by atoms with Crippen LogP contribution in [0.5, 0.6) is 0 Å². The molecule has 1 aromatic carbocycles. The Morgan fingerprint density at radius 1 is 1.24 bits per heavy atom. The van der Waals surface area contributed by atoms with Crippen LogP contribution in [0.25, 0.3) is 0 Å². The third-order valence-electron chi connectivity index (χ3n) is 4.29. The molecule has 0 amide bonds. The van der Waals surface area contributed by atoms with Gasteiger partial charge in [0, 0.05) is 41.8 Å². The van der Waals surface area contributed by atoms with Gasteiger partial charge in [0.25, 0.3) is 0 Å². The number of rotatable bonds is 5. The molecule has 6 heteroatoms. The summed E-state index contributed by atoms with van der Waals surface area (Å²) in [6, 6.07) is 11.8. The molecule has 1 aromatic heterocycles. The molecule has 2 atom stereocenters. The Balaban J connectivity index is 2.05. The Bertz CT molecular complexity index is 770. The second kappa shape index (κ2) is 7.44. The number of benzene rings is 1. The molecule has 0 saturated heterocycles. The van der Waals surface area contributed by atoms with E-state index in [0.717, 1.165) is 11.1 Å². The molecule has 1 aliphatic heterocycles. The minimum atomic E-state index is -0.527. The zero-order chi connectivity index (χ0) is 17.9. The van der Waals surface area contributed by atoms with Gasteiger partial charge in [0.05, 0.1) is 5.41 Å². The molecule has 0 saturated carbocycles. The van der Waals surface area contributed by atoms with E-state index < -0.39 is 5.41 Å². The summed E-state index contributed by atoms with van der Waals surface area (Å²) < 4.78 is 0. The van der Waals surface area contributed by atoms with Crippen LogP contribution in [-0.2, 0) is 5.41 Å². The van der Waals surface area contributed by atoms with Crippen LogP contribution in [-0.4, -0.2) is 35.8 Å². The molecule has 25 heavy (non-hydrogen) atoms. The van der Waals surface area contributed by atoms with Gasteiger partial charge in [-0.3, -0.25) is 10.3 Å². The summed E-state index contributed by atoms with van der Waals surface area (Å²) >= 11 is 6.05. The number of nitrogens with two attached hydrogens (primary N) is 1. The molecule has 1 aliphatic rings. The van der Waals surface area contributed by atoms with Crippen molar-refractivity contribution in [1.82, 2.24) is 10.3 Å². The van der Waals surface area contributed by atoms with Crippen molar-refractivity contribution in [3.8, 4) is 0 Å². The van der Waals surface area contributed by atoms with Crippen LogP contribution in [0.4, 0.5) is 0 Å². The normalized spacial score (nSPS) is 22.9. The van der Waals surface area contributed by atoms with Crippen LogP contribution in [0.2, 0.25) is 5.02 Å². The highest BCUT2D eigenvalue weighted by Crippen LogP contribution is 2.31. The van der Waals surface area contributed by atoms with Gasteiger partial charge in [0.2, 0.25) is 0 Å². The Morgan fingerprint density at radius 3 is 2.60 bits per heavy atom. The molecule has 0 aliphatic carbocycles. The number of hydrogen-bond acceptors (Lipinski definition) is 5. The number of halogens is 1. The quantitative estimate of drug-likeness (QED) is 0.865. The molecule has 0 spiro atoms. The van der Waals surface area contributed by atoms with Crippen molar-refractivity contribution in [3.63, 3.8) is 0 Å². The smallest absolute Gasteiger partial charge is 0.157 e. The van der Waals surface area contributed by atoms with Crippen LogP contribution in [0.3, 0.4) is 0 Å². The standard InChI is InChI=1S/C19H22ClN5/c1-13(2)24-18-19(11-21,15-5-7-16(20)8-6-15)12-23-17(25-18)14-4-3-9-22-10-14/h3-10,12-13,18,24H,11,21H2,1-2H3. The summed E-state index contributed by atoms with van der Waals surface area (Å²) in [5.74, 6) is 0.657. The van der Waals surface area contributed by atoms with Gasteiger partial charge in [-0.1, -0.05) is 23.7 Å². The lowest BCUT2D eigenvalue weighted by Crippen LogP contribution is -2.56. The predicted octanol–water partition coefficient (Wildman–Crippen LogP) is 2.79. The van der Waals surface area contributed by atoms with Gasteiger partial charge < -0.3 is 5.73 Å². The Labute approximate surface area is 153 Å². The van der Waals surface area contributed by atoms with Gasteiger partial charge in [-0.25, -0.2) is 9.98 Å². The number of amidine groups is 1. The molecular formula is C19H22ClN5. The number of nitrogens with zero attached hydrogens (tertiary/aromatic N) is 3. The number of aromatic nitrogens is 1. The molecule has 130 valence electrons. The molecule has 3 rings (SSSR count). The summed E-state index contributed by atoms with van der Waals surface area (Å²) in [6.45, 7) is 4.56. The van der Waals surface area contributed by atoms with E-state index in [0.29, 0.717) is 17.4 Å². The number of aliphatic imine (C=N–C) groups is 2. The average molecular weight is 356 g/mol. The van der Waals surface area contributed by atoms with E-state index in [-0.39, 0.29) is 12.2 Å². The van der Waals surface area contributed by atoms with E-state index >= 15 is 0 Å². The van der Waals surface area contributed by atoms with Crippen molar-refractivity contribution in [2.45, 2.75) is 31.5 Å². The van der Waals surface area contributed by atoms with Crippen molar-refractivity contribution in [2.24, 2.45) is 15.7 Å². The highest BCUT2D eigenvalue weighted by Gasteiger charge is 2.41. The van der Waals surface area contributed by atoms with E-state index in [1.807, 2.05) is 42.6 Å². The third-order valence-corrected chi connectivity index (χ3v) is 4.54. The predicted molar refractivity (Wildman–Crippen MR) is 104 cm³/mol. The highest BCUT2D eigenvalue weighted by atomic mass is 35.5. The fourth-order valence-electron chi connectivity index (χ4n) is 2.94. The summed E-state index contributed by atoms with van der Waals surface area (Å²) in [5, 5.41) is 4.22. The van der Waals surface area contributed by atoms with Crippen LogP contribution >= 0.6 is 11.6 Å². The highest BCUT2D eigenvalue weighted by molar-refractivity contribution is 6.30. The Kier molecular flexibility index (Phi) is 5.27. The third kappa shape index (κ3) is 3.63. The van der Waals surface area contributed by atoms with Gasteiger partial charge in [0.15, 0.2) is 5.84 Å². The van der Waals surface area contributed by atoms with Crippen molar-refractivity contribution in [3.05, 3.63) is 64.9 Å². The number of hydrogen-bond donors (Lipinski definition) is 2. The summed E-state index contributed by atoms with van der Waals surface area (Å²) in [5.41, 5.74) is 7.61.